The van der Waals surface area contributed by atoms with Crippen LogP contribution in [0.1, 0.15) is 47.0 Å². The molecule has 0 aromatic carbocycles. The first kappa shape index (κ1) is 10.7. The van der Waals surface area contributed by atoms with E-state index in [-0.39, 0.29) is 0 Å². The third kappa shape index (κ3) is 8.73. The molecule has 62 valence electrons. The second kappa shape index (κ2) is 4.58. The standard InChI is InChI=1S/C9H19I/c1-8(2)6-5-7-9(3,4)10/h8H,5-7H2,1-4H3. The Kier molecular flexibility index (Phi) is 4.91. The molecular weight excluding hydrogens is 235 g/mol. The van der Waals surface area contributed by atoms with Gasteiger partial charge in [-0.15, -0.1) is 0 Å². The van der Waals surface area contributed by atoms with Gasteiger partial charge in [-0.3, -0.25) is 0 Å². The molecule has 10 heavy (non-hydrogen) atoms. The lowest BCUT2D eigenvalue weighted by atomic mass is 10.0. The summed E-state index contributed by atoms with van der Waals surface area (Å²) in [5.41, 5.74) is 0. The molecule has 0 rings (SSSR count). The van der Waals surface area contributed by atoms with Crippen LogP contribution in [0.15, 0.2) is 0 Å². The van der Waals surface area contributed by atoms with E-state index in [1.54, 1.807) is 0 Å². The highest BCUT2D eigenvalue weighted by atomic mass is 127. The fourth-order valence-electron chi connectivity index (χ4n) is 0.931. The van der Waals surface area contributed by atoms with E-state index in [1.165, 1.54) is 19.3 Å². The van der Waals surface area contributed by atoms with Gasteiger partial charge in [-0.25, -0.2) is 0 Å². The van der Waals surface area contributed by atoms with Crippen LogP contribution in [-0.2, 0) is 0 Å². The van der Waals surface area contributed by atoms with Gasteiger partial charge in [0.25, 0.3) is 0 Å². The van der Waals surface area contributed by atoms with Crippen LogP contribution in [-0.4, -0.2) is 3.42 Å². The largest absolute Gasteiger partial charge is 0.0795 e. The van der Waals surface area contributed by atoms with Gasteiger partial charge in [0, 0.05) is 3.42 Å². The van der Waals surface area contributed by atoms with E-state index >= 15 is 0 Å². The number of rotatable bonds is 4. The van der Waals surface area contributed by atoms with Crippen molar-refractivity contribution in [2.45, 2.75) is 50.4 Å². The Hall–Kier alpha value is 0.730. The average molecular weight is 254 g/mol. The summed E-state index contributed by atoms with van der Waals surface area (Å²) in [6, 6.07) is 0. The predicted octanol–water partition coefficient (Wildman–Crippen LogP) is 4.03. The number of hydrogen-bond acceptors (Lipinski definition) is 0. The summed E-state index contributed by atoms with van der Waals surface area (Å²) in [5.74, 6) is 0.874. The normalized spacial score (nSPS) is 12.6. The van der Waals surface area contributed by atoms with Gasteiger partial charge in [-0.05, 0) is 12.3 Å². The maximum atomic E-state index is 2.52. The molecule has 0 heterocycles. The monoisotopic (exact) mass is 254 g/mol. The summed E-state index contributed by atoms with van der Waals surface area (Å²) < 4.78 is 0.507. The van der Waals surface area contributed by atoms with Crippen LogP contribution in [0.3, 0.4) is 0 Å². The van der Waals surface area contributed by atoms with Crippen molar-refractivity contribution in [2.24, 2.45) is 5.92 Å². The molecule has 0 spiro atoms. The van der Waals surface area contributed by atoms with Crippen molar-refractivity contribution in [1.82, 2.24) is 0 Å². The quantitative estimate of drug-likeness (QED) is 0.525. The van der Waals surface area contributed by atoms with E-state index < -0.39 is 0 Å². The molecule has 0 atom stereocenters. The van der Waals surface area contributed by atoms with Crippen molar-refractivity contribution in [3.05, 3.63) is 0 Å². The first-order valence-corrected chi connectivity index (χ1v) is 5.18. The van der Waals surface area contributed by atoms with Gasteiger partial charge in [0.2, 0.25) is 0 Å². The van der Waals surface area contributed by atoms with Gasteiger partial charge in [0.05, 0.1) is 0 Å². The molecule has 0 aromatic heterocycles. The second-order valence-electron chi connectivity index (χ2n) is 4.00. The topological polar surface area (TPSA) is 0 Å². The van der Waals surface area contributed by atoms with Crippen molar-refractivity contribution in [3.8, 4) is 0 Å². The molecule has 0 aliphatic carbocycles. The molecule has 0 saturated carbocycles. The second-order valence-corrected chi connectivity index (χ2v) is 6.93. The van der Waals surface area contributed by atoms with Crippen molar-refractivity contribution in [1.29, 1.82) is 0 Å². The Morgan fingerprint density at radius 1 is 1.30 bits per heavy atom. The molecule has 0 nitrogen and oxygen atoms in total. The van der Waals surface area contributed by atoms with E-state index in [9.17, 15) is 0 Å². The van der Waals surface area contributed by atoms with Gasteiger partial charge in [-0.1, -0.05) is 63.1 Å². The summed E-state index contributed by atoms with van der Waals surface area (Å²) in [4.78, 5) is 0. The van der Waals surface area contributed by atoms with Crippen LogP contribution in [0, 0.1) is 5.92 Å². The van der Waals surface area contributed by atoms with Crippen LogP contribution in [0.2, 0.25) is 0 Å². The lowest BCUT2D eigenvalue weighted by Crippen LogP contribution is -2.08. The number of halogens is 1. The van der Waals surface area contributed by atoms with Crippen molar-refractivity contribution < 1.29 is 0 Å². The Morgan fingerprint density at radius 2 is 1.80 bits per heavy atom. The zero-order chi connectivity index (χ0) is 8.20. The van der Waals surface area contributed by atoms with Crippen LogP contribution in [0.25, 0.3) is 0 Å². The van der Waals surface area contributed by atoms with Gasteiger partial charge in [-0.2, -0.15) is 0 Å². The van der Waals surface area contributed by atoms with Crippen LogP contribution in [0.5, 0.6) is 0 Å². The first-order valence-electron chi connectivity index (χ1n) is 4.11. The summed E-state index contributed by atoms with van der Waals surface area (Å²) in [5, 5.41) is 0. The summed E-state index contributed by atoms with van der Waals surface area (Å²) >= 11 is 2.52. The molecule has 0 bridgehead atoms. The minimum atomic E-state index is 0.507. The van der Waals surface area contributed by atoms with E-state index in [2.05, 4.69) is 50.3 Å². The number of alkyl halides is 1. The molecular formula is C9H19I. The number of hydrogen-bond donors (Lipinski definition) is 0. The Morgan fingerprint density at radius 3 is 2.10 bits per heavy atom. The zero-order valence-corrected chi connectivity index (χ0v) is 9.73. The molecule has 0 saturated heterocycles. The van der Waals surface area contributed by atoms with E-state index in [1.807, 2.05) is 0 Å². The minimum absolute atomic E-state index is 0.507. The Labute approximate surface area is 78.9 Å². The van der Waals surface area contributed by atoms with Crippen molar-refractivity contribution in [2.75, 3.05) is 0 Å². The molecule has 0 unspecified atom stereocenters. The van der Waals surface area contributed by atoms with E-state index in [0.29, 0.717) is 3.42 Å². The van der Waals surface area contributed by atoms with Gasteiger partial charge in [0.15, 0.2) is 0 Å². The SMILES string of the molecule is CC(C)CCCC(C)(C)I. The Balaban J connectivity index is 3.21. The van der Waals surface area contributed by atoms with Gasteiger partial charge >= 0.3 is 0 Å². The smallest absolute Gasteiger partial charge is 0.0166 e. The fourth-order valence-corrected chi connectivity index (χ4v) is 1.31. The first-order chi connectivity index (χ1) is 4.42. The van der Waals surface area contributed by atoms with Crippen LogP contribution in [0.4, 0.5) is 0 Å². The molecule has 0 N–H and O–H groups in total. The van der Waals surface area contributed by atoms with E-state index in [4.69, 9.17) is 0 Å². The summed E-state index contributed by atoms with van der Waals surface area (Å²) in [6.07, 6.45) is 4.12. The summed E-state index contributed by atoms with van der Waals surface area (Å²) in [6.45, 7) is 9.18. The summed E-state index contributed by atoms with van der Waals surface area (Å²) in [7, 11) is 0. The van der Waals surface area contributed by atoms with Crippen molar-refractivity contribution in [3.63, 3.8) is 0 Å². The van der Waals surface area contributed by atoms with Crippen LogP contribution >= 0.6 is 22.6 Å². The highest BCUT2D eigenvalue weighted by Gasteiger charge is 2.11. The molecule has 0 aromatic rings. The lowest BCUT2D eigenvalue weighted by Gasteiger charge is -2.16. The molecule has 0 aliphatic rings. The maximum Gasteiger partial charge on any atom is 0.0166 e. The highest BCUT2D eigenvalue weighted by Crippen LogP contribution is 2.24. The Bertz CT molecular complexity index is 79.2. The maximum absolute atomic E-state index is 2.52. The highest BCUT2D eigenvalue weighted by molar-refractivity contribution is 14.1. The van der Waals surface area contributed by atoms with Gasteiger partial charge in [0.1, 0.15) is 0 Å². The minimum Gasteiger partial charge on any atom is -0.0795 e. The van der Waals surface area contributed by atoms with Crippen LogP contribution < -0.4 is 0 Å². The average Bonchev–Trinajstić information content (AvgIpc) is 1.59. The predicted molar refractivity (Wildman–Crippen MR) is 56.8 cm³/mol. The molecule has 0 aliphatic heterocycles. The van der Waals surface area contributed by atoms with E-state index in [0.717, 1.165) is 5.92 Å². The fraction of sp³-hybridized carbons (Fsp3) is 1.00. The molecule has 0 amide bonds. The molecule has 0 radical (unpaired) electrons. The molecule has 1 heteroatoms. The van der Waals surface area contributed by atoms with Crippen molar-refractivity contribution >= 4 is 22.6 Å². The third-order valence-electron chi connectivity index (χ3n) is 1.55. The zero-order valence-electron chi connectivity index (χ0n) is 7.58. The lowest BCUT2D eigenvalue weighted by molar-refractivity contribution is 0.510. The van der Waals surface area contributed by atoms with Gasteiger partial charge < -0.3 is 0 Å². The molecule has 0 fully saturated rings. The third-order valence-corrected chi connectivity index (χ3v) is 2.09.